The molecule has 0 N–H and O–H groups in total. The molecule has 0 unspecified atom stereocenters. The molecule has 184 valence electrons. The van der Waals surface area contributed by atoms with Crippen molar-refractivity contribution in [1.82, 2.24) is 0 Å². The SMILES string of the molecule is COc1cccc(C2=N[C@](Cc3ccccc3)([C@H](CC(=O)c3ccccc3)c3ccccc3)C(=O)O2)c1. The molecule has 0 spiro atoms. The van der Waals surface area contributed by atoms with Crippen LogP contribution in [0.1, 0.15) is 39.4 Å². The summed E-state index contributed by atoms with van der Waals surface area (Å²) >= 11 is 0. The Morgan fingerprint density at radius 1 is 0.865 bits per heavy atom. The van der Waals surface area contributed by atoms with Crippen LogP contribution in [0.3, 0.4) is 0 Å². The van der Waals surface area contributed by atoms with Crippen molar-refractivity contribution in [3.05, 3.63) is 138 Å². The zero-order chi connectivity index (χ0) is 25.7. The van der Waals surface area contributed by atoms with Gasteiger partial charge in [0.05, 0.1) is 7.11 Å². The molecule has 0 saturated heterocycles. The summed E-state index contributed by atoms with van der Waals surface area (Å²) in [5, 5.41) is 0. The van der Waals surface area contributed by atoms with Crippen LogP contribution in [-0.4, -0.2) is 30.3 Å². The molecule has 5 rings (SSSR count). The quantitative estimate of drug-likeness (QED) is 0.212. The predicted octanol–water partition coefficient (Wildman–Crippen LogP) is 6.04. The Morgan fingerprint density at radius 3 is 2.19 bits per heavy atom. The maximum absolute atomic E-state index is 13.9. The van der Waals surface area contributed by atoms with Gasteiger partial charge in [-0.15, -0.1) is 0 Å². The van der Waals surface area contributed by atoms with E-state index >= 15 is 0 Å². The summed E-state index contributed by atoms with van der Waals surface area (Å²) in [6.45, 7) is 0. The number of esters is 1. The molecule has 0 radical (unpaired) electrons. The molecule has 1 aliphatic rings. The third-order valence-corrected chi connectivity index (χ3v) is 6.74. The van der Waals surface area contributed by atoms with Gasteiger partial charge in [0.1, 0.15) is 5.75 Å². The molecule has 4 aromatic carbocycles. The first-order chi connectivity index (χ1) is 18.1. The Bertz CT molecular complexity index is 1420. The average Bonchev–Trinajstić information content (AvgIpc) is 3.29. The zero-order valence-electron chi connectivity index (χ0n) is 20.5. The predicted molar refractivity (Wildman–Crippen MR) is 143 cm³/mol. The summed E-state index contributed by atoms with van der Waals surface area (Å²) in [5.41, 5.74) is 1.70. The lowest BCUT2D eigenvalue weighted by atomic mass is 9.73. The number of carbonyl (C=O) groups excluding carboxylic acids is 2. The number of rotatable bonds is 9. The third-order valence-electron chi connectivity index (χ3n) is 6.74. The first-order valence-corrected chi connectivity index (χ1v) is 12.2. The van der Waals surface area contributed by atoms with Crippen molar-refractivity contribution in [2.75, 3.05) is 7.11 Å². The van der Waals surface area contributed by atoms with Crippen LogP contribution in [-0.2, 0) is 16.0 Å². The van der Waals surface area contributed by atoms with E-state index in [1.807, 2.05) is 97.1 Å². The van der Waals surface area contributed by atoms with Crippen molar-refractivity contribution >= 4 is 17.7 Å². The highest BCUT2D eigenvalue weighted by Crippen LogP contribution is 2.43. The van der Waals surface area contributed by atoms with Gasteiger partial charge < -0.3 is 9.47 Å². The highest BCUT2D eigenvalue weighted by molar-refractivity contribution is 6.09. The van der Waals surface area contributed by atoms with Gasteiger partial charge in [0.25, 0.3) is 0 Å². The Balaban J connectivity index is 1.65. The number of cyclic esters (lactones) is 1. The van der Waals surface area contributed by atoms with Crippen LogP contribution >= 0.6 is 0 Å². The summed E-state index contributed by atoms with van der Waals surface area (Å²) in [7, 11) is 1.59. The number of hydrogen-bond acceptors (Lipinski definition) is 5. The molecular weight excluding hydrogens is 462 g/mol. The monoisotopic (exact) mass is 489 g/mol. The van der Waals surface area contributed by atoms with Crippen molar-refractivity contribution < 1.29 is 19.1 Å². The van der Waals surface area contributed by atoms with Crippen LogP contribution in [0.2, 0.25) is 0 Å². The number of carbonyl (C=O) groups is 2. The molecule has 0 aliphatic carbocycles. The van der Waals surface area contributed by atoms with Gasteiger partial charge in [-0.25, -0.2) is 9.79 Å². The highest BCUT2D eigenvalue weighted by atomic mass is 16.6. The number of nitrogens with zero attached hydrogens (tertiary/aromatic N) is 1. The van der Waals surface area contributed by atoms with Gasteiger partial charge in [0, 0.05) is 29.9 Å². The van der Waals surface area contributed by atoms with Gasteiger partial charge in [-0.1, -0.05) is 97.1 Å². The maximum atomic E-state index is 13.9. The second-order valence-electron chi connectivity index (χ2n) is 9.08. The molecule has 1 aliphatic heterocycles. The van der Waals surface area contributed by atoms with Crippen LogP contribution in [0.4, 0.5) is 0 Å². The fraction of sp³-hybridized carbons (Fsp3) is 0.156. The molecule has 4 aromatic rings. The van der Waals surface area contributed by atoms with Crippen molar-refractivity contribution in [3.8, 4) is 5.75 Å². The Morgan fingerprint density at radius 2 is 1.51 bits per heavy atom. The largest absolute Gasteiger partial charge is 0.497 e. The molecule has 0 amide bonds. The molecule has 5 nitrogen and oxygen atoms in total. The number of methoxy groups -OCH3 is 1. The molecule has 37 heavy (non-hydrogen) atoms. The van der Waals surface area contributed by atoms with Gasteiger partial charge >= 0.3 is 5.97 Å². The summed E-state index contributed by atoms with van der Waals surface area (Å²) in [4.78, 5) is 32.4. The number of Topliss-reactive ketones (excluding diaryl/α,β-unsaturated/α-hetero) is 1. The van der Waals surface area contributed by atoms with E-state index in [1.54, 1.807) is 25.3 Å². The van der Waals surface area contributed by atoms with E-state index in [9.17, 15) is 9.59 Å². The van der Waals surface area contributed by atoms with Gasteiger partial charge in [-0.2, -0.15) is 0 Å². The van der Waals surface area contributed by atoms with Crippen LogP contribution in [0.25, 0.3) is 0 Å². The highest BCUT2D eigenvalue weighted by Gasteiger charge is 2.53. The van der Waals surface area contributed by atoms with Crippen LogP contribution in [0.5, 0.6) is 5.75 Å². The molecule has 0 saturated carbocycles. The fourth-order valence-corrected chi connectivity index (χ4v) is 4.84. The normalized spacial score (nSPS) is 17.5. The summed E-state index contributed by atoms with van der Waals surface area (Å²) in [6, 6.07) is 35.8. The van der Waals surface area contributed by atoms with Gasteiger partial charge in [0.2, 0.25) is 5.90 Å². The van der Waals surface area contributed by atoms with Crippen molar-refractivity contribution in [2.45, 2.75) is 24.3 Å². The van der Waals surface area contributed by atoms with Gasteiger partial charge in [-0.3, -0.25) is 4.79 Å². The Labute approximate surface area is 216 Å². The lowest BCUT2D eigenvalue weighted by molar-refractivity contribution is -0.139. The van der Waals surface area contributed by atoms with E-state index in [2.05, 4.69) is 0 Å². The standard InChI is InChI=1S/C32H27NO4/c1-36-27-19-11-18-26(20-27)30-33-32(31(35)37-30,22-23-12-5-2-6-13-23)28(24-14-7-3-8-15-24)21-29(34)25-16-9-4-10-17-25/h2-20,28H,21-22H2,1H3/t28-,32-/m1/s1. The molecule has 2 atom stereocenters. The molecule has 0 fully saturated rings. The fourth-order valence-electron chi connectivity index (χ4n) is 4.84. The number of benzene rings is 4. The zero-order valence-corrected chi connectivity index (χ0v) is 20.5. The van der Waals surface area contributed by atoms with E-state index < -0.39 is 17.4 Å². The minimum atomic E-state index is -1.33. The van der Waals surface area contributed by atoms with Crippen LogP contribution in [0, 0.1) is 0 Å². The van der Waals surface area contributed by atoms with Crippen LogP contribution in [0.15, 0.2) is 120 Å². The van der Waals surface area contributed by atoms with E-state index in [-0.39, 0.29) is 18.1 Å². The number of aliphatic imine (C=N–C) groups is 1. The minimum Gasteiger partial charge on any atom is -0.497 e. The van der Waals surface area contributed by atoms with Crippen molar-refractivity contribution in [3.63, 3.8) is 0 Å². The Hall–Kier alpha value is -4.51. The third kappa shape index (κ3) is 5.07. The Kier molecular flexibility index (Phi) is 6.95. The first-order valence-electron chi connectivity index (χ1n) is 12.2. The van der Waals surface area contributed by atoms with Crippen molar-refractivity contribution in [1.29, 1.82) is 0 Å². The first kappa shape index (κ1) is 24.2. The topological polar surface area (TPSA) is 65.0 Å². The number of ketones is 1. The summed E-state index contributed by atoms with van der Waals surface area (Å²) in [5.74, 6) is -0.204. The summed E-state index contributed by atoms with van der Waals surface area (Å²) < 4.78 is 11.2. The van der Waals surface area contributed by atoms with Crippen LogP contribution < -0.4 is 4.74 Å². The lowest BCUT2D eigenvalue weighted by Crippen LogP contribution is -2.43. The molecule has 1 heterocycles. The molecule has 0 bridgehead atoms. The molecular formula is C32H27NO4. The second kappa shape index (κ2) is 10.6. The average molecular weight is 490 g/mol. The van der Waals surface area contributed by atoms with Crippen molar-refractivity contribution in [2.24, 2.45) is 4.99 Å². The lowest BCUT2D eigenvalue weighted by Gasteiger charge is -2.32. The van der Waals surface area contributed by atoms with E-state index in [0.29, 0.717) is 23.3 Å². The second-order valence-corrected chi connectivity index (χ2v) is 9.08. The van der Waals surface area contributed by atoms with E-state index in [0.717, 1.165) is 11.1 Å². The van der Waals surface area contributed by atoms with Gasteiger partial charge in [0.15, 0.2) is 11.3 Å². The molecule has 5 heteroatoms. The minimum absolute atomic E-state index is 0.0558. The van der Waals surface area contributed by atoms with E-state index in [4.69, 9.17) is 14.5 Å². The number of ether oxygens (including phenoxy) is 2. The smallest absolute Gasteiger partial charge is 0.341 e. The van der Waals surface area contributed by atoms with Gasteiger partial charge in [-0.05, 0) is 29.3 Å². The van der Waals surface area contributed by atoms with E-state index in [1.165, 1.54) is 0 Å². The number of hydrogen-bond donors (Lipinski definition) is 0. The molecule has 0 aromatic heterocycles. The summed E-state index contributed by atoms with van der Waals surface area (Å²) in [6.07, 6.45) is 0.395. The maximum Gasteiger partial charge on any atom is 0.341 e.